The highest BCUT2D eigenvalue weighted by Crippen LogP contribution is 2.46. The van der Waals surface area contributed by atoms with Crippen LogP contribution >= 0.6 is 11.3 Å². The molecule has 0 spiro atoms. The summed E-state index contributed by atoms with van der Waals surface area (Å²) in [5.74, 6) is 0. The van der Waals surface area contributed by atoms with E-state index in [1.165, 1.54) is 29.5 Å². The number of hydrogen-bond donors (Lipinski definition) is 1. The molecule has 1 saturated carbocycles. The lowest BCUT2D eigenvalue weighted by Crippen LogP contribution is -2.40. The molecule has 0 unspecified atom stereocenters. The SMILES string of the molecule is Cc1cccc2sc(NC3CC(C)(C)CC(C)(C)C3)nc12. The van der Waals surface area contributed by atoms with Gasteiger partial charge in [0.2, 0.25) is 0 Å². The summed E-state index contributed by atoms with van der Waals surface area (Å²) in [6.45, 7) is 11.7. The van der Waals surface area contributed by atoms with Gasteiger partial charge in [-0.05, 0) is 48.6 Å². The molecule has 0 aliphatic heterocycles. The second-order valence-corrected chi connectivity index (χ2v) is 9.23. The first kappa shape index (κ1) is 14.8. The summed E-state index contributed by atoms with van der Waals surface area (Å²) in [7, 11) is 0. The molecule has 1 aromatic carbocycles. The number of rotatable bonds is 2. The molecule has 3 heteroatoms. The Balaban J connectivity index is 1.83. The molecule has 1 aromatic heterocycles. The molecule has 1 aliphatic rings. The smallest absolute Gasteiger partial charge is 0.184 e. The fraction of sp³-hybridized carbons (Fsp3) is 0.611. The highest BCUT2D eigenvalue weighted by Gasteiger charge is 2.38. The molecule has 1 fully saturated rings. The number of thiazole rings is 1. The van der Waals surface area contributed by atoms with Gasteiger partial charge in [0.25, 0.3) is 0 Å². The molecule has 3 rings (SSSR count). The summed E-state index contributed by atoms with van der Waals surface area (Å²) in [6.07, 6.45) is 3.76. The van der Waals surface area contributed by atoms with Crippen LogP contribution in [-0.2, 0) is 0 Å². The molecular weight excluding hydrogens is 276 g/mol. The second-order valence-electron chi connectivity index (χ2n) is 8.20. The standard InChI is InChI=1S/C18H26N2S/c1-12-7-6-8-14-15(12)20-16(21-14)19-13-9-17(2,3)11-18(4,5)10-13/h6-8,13H,9-11H2,1-5H3,(H,19,20). The van der Waals surface area contributed by atoms with Gasteiger partial charge in [-0.15, -0.1) is 0 Å². The van der Waals surface area contributed by atoms with Crippen LogP contribution in [0.5, 0.6) is 0 Å². The van der Waals surface area contributed by atoms with Crippen LogP contribution in [0.25, 0.3) is 10.2 Å². The van der Waals surface area contributed by atoms with Gasteiger partial charge in [0.15, 0.2) is 5.13 Å². The molecule has 0 atom stereocenters. The average molecular weight is 302 g/mol. The Morgan fingerprint density at radius 3 is 2.43 bits per heavy atom. The highest BCUT2D eigenvalue weighted by atomic mass is 32.1. The van der Waals surface area contributed by atoms with Crippen molar-refractivity contribution >= 4 is 26.7 Å². The molecular formula is C18H26N2S. The van der Waals surface area contributed by atoms with E-state index in [0.29, 0.717) is 16.9 Å². The Bertz CT molecular complexity index is 638. The van der Waals surface area contributed by atoms with Gasteiger partial charge in [0, 0.05) is 6.04 Å². The Labute approximate surface area is 132 Å². The molecule has 0 bridgehead atoms. The van der Waals surface area contributed by atoms with Crippen molar-refractivity contribution in [3.63, 3.8) is 0 Å². The van der Waals surface area contributed by atoms with Crippen LogP contribution in [0.2, 0.25) is 0 Å². The number of nitrogens with zero attached hydrogens (tertiary/aromatic N) is 1. The summed E-state index contributed by atoms with van der Waals surface area (Å²) >= 11 is 1.78. The summed E-state index contributed by atoms with van der Waals surface area (Å²) < 4.78 is 1.28. The average Bonchev–Trinajstić information content (AvgIpc) is 2.68. The van der Waals surface area contributed by atoms with Crippen LogP contribution in [0.1, 0.15) is 52.5 Å². The van der Waals surface area contributed by atoms with Crippen LogP contribution < -0.4 is 5.32 Å². The van der Waals surface area contributed by atoms with Crippen molar-refractivity contribution in [3.05, 3.63) is 23.8 Å². The van der Waals surface area contributed by atoms with E-state index in [1.54, 1.807) is 11.3 Å². The fourth-order valence-corrected chi connectivity index (χ4v) is 5.29. The van der Waals surface area contributed by atoms with E-state index in [4.69, 9.17) is 4.98 Å². The Hall–Kier alpha value is -1.09. The largest absolute Gasteiger partial charge is 0.359 e. The predicted molar refractivity (Wildman–Crippen MR) is 93.2 cm³/mol. The van der Waals surface area contributed by atoms with Gasteiger partial charge < -0.3 is 5.32 Å². The molecule has 114 valence electrons. The van der Waals surface area contributed by atoms with Crippen LogP contribution in [0.3, 0.4) is 0 Å². The molecule has 1 heterocycles. The third-order valence-electron chi connectivity index (χ3n) is 4.50. The number of fused-ring (bicyclic) bond motifs is 1. The molecule has 1 aliphatic carbocycles. The number of nitrogens with one attached hydrogen (secondary N) is 1. The zero-order valence-corrected chi connectivity index (χ0v) is 14.6. The zero-order chi connectivity index (χ0) is 15.3. The number of anilines is 1. The van der Waals surface area contributed by atoms with Gasteiger partial charge in [-0.3, -0.25) is 0 Å². The van der Waals surface area contributed by atoms with E-state index < -0.39 is 0 Å². The number of aromatic nitrogens is 1. The van der Waals surface area contributed by atoms with Gasteiger partial charge in [-0.25, -0.2) is 4.98 Å². The van der Waals surface area contributed by atoms with Crippen LogP contribution in [0, 0.1) is 17.8 Å². The molecule has 21 heavy (non-hydrogen) atoms. The van der Waals surface area contributed by atoms with E-state index in [0.717, 1.165) is 10.6 Å². The van der Waals surface area contributed by atoms with Crippen molar-refractivity contribution in [2.24, 2.45) is 10.8 Å². The van der Waals surface area contributed by atoms with Gasteiger partial charge in [-0.1, -0.05) is 51.2 Å². The maximum absolute atomic E-state index is 4.81. The number of para-hydroxylation sites is 1. The number of aryl methyl sites for hydroxylation is 1. The van der Waals surface area contributed by atoms with Crippen molar-refractivity contribution in [1.82, 2.24) is 4.98 Å². The normalized spacial score (nSPS) is 21.6. The molecule has 2 aromatic rings. The van der Waals surface area contributed by atoms with E-state index >= 15 is 0 Å². The molecule has 0 radical (unpaired) electrons. The van der Waals surface area contributed by atoms with E-state index in [9.17, 15) is 0 Å². The second kappa shape index (κ2) is 4.98. The zero-order valence-electron chi connectivity index (χ0n) is 13.8. The first-order valence-corrected chi connectivity index (χ1v) is 8.69. The van der Waals surface area contributed by atoms with Gasteiger partial charge >= 0.3 is 0 Å². The molecule has 2 nitrogen and oxygen atoms in total. The van der Waals surface area contributed by atoms with Crippen molar-refractivity contribution in [2.45, 2.75) is 59.9 Å². The van der Waals surface area contributed by atoms with E-state index in [2.05, 4.69) is 58.1 Å². The summed E-state index contributed by atoms with van der Waals surface area (Å²) in [6, 6.07) is 6.95. The van der Waals surface area contributed by atoms with Gasteiger partial charge in [0.05, 0.1) is 10.2 Å². The first-order chi connectivity index (χ1) is 9.74. The third-order valence-corrected chi connectivity index (χ3v) is 5.46. The Morgan fingerprint density at radius 1 is 1.14 bits per heavy atom. The summed E-state index contributed by atoms with van der Waals surface area (Å²) in [5, 5.41) is 4.80. The van der Waals surface area contributed by atoms with Crippen molar-refractivity contribution in [3.8, 4) is 0 Å². The molecule has 0 amide bonds. The summed E-state index contributed by atoms with van der Waals surface area (Å²) in [4.78, 5) is 4.81. The summed E-state index contributed by atoms with van der Waals surface area (Å²) in [5.41, 5.74) is 3.23. The predicted octanol–water partition coefficient (Wildman–Crippen LogP) is 5.62. The Morgan fingerprint density at radius 2 is 1.81 bits per heavy atom. The van der Waals surface area contributed by atoms with Gasteiger partial charge in [0.1, 0.15) is 0 Å². The number of hydrogen-bond acceptors (Lipinski definition) is 3. The van der Waals surface area contributed by atoms with E-state index in [-0.39, 0.29) is 0 Å². The van der Waals surface area contributed by atoms with Crippen molar-refractivity contribution in [2.75, 3.05) is 5.32 Å². The van der Waals surface area contributed by atoms with Crippen LogP contribution in [0.15, 0.2) is 18.2 Å². The minimum absolute atomic E-state index is 0.409. The minimum Gasteiger partial charge on any atom is -0.359 e. The van der Waals surface area contributed by atoms with Crippen LogP contribution in [-0.4, -0.2) is 11.0 Å². The molecule has 0 saturated heterocycles. The van der Waals surface area contributed by atoms with Gasteiger partial charge in [-0.2, -0.15) is 0 Å². The highest BCUT2D eigenvalue weighted by molar-refractivity contribution is 7.22. The van der Waals surface area contributed by atoms with E-state index in [1.807, 2.05) is 0 Å². The van der Waals surface area contributed by atoms with Crippen LogP contribution in [0.4, 0.5) is 5.13 Å². The third kappa shape index (κ3) is 3.23. The van der Waals surface area contributed by atoms with Crippen molar-refractivity contribution < 1.29 is 0 Å². The maximum Gasteiger partial charge on any atom is 0.184 e. The quantitative estimate of drug-likeness (QED) is 0.778. The Kier molecular flexibility index (Phi) is 3.52. The maximum atomic E-state index is 4.81. The lowest BCUT2D eigenvalue weighted by molar-refractivity contribution is 0.105. The first-order valence-electron chi connectivity index (χ1n) is 7.87. The topological polar surface area (TPSA) is 24.9 Å². The fourth-order valence-electron chi connectivity index (χ4n) is 4.27. The minimum atomic E-state index is 0.409. The number of benzene rings is 1. The molecule has 1 N–H and O–H groups in total. The van der Waals surface area contributed by atoms with Crippen molar-refractivity contribution in [1.29, 1.82) is 0 Å². The lowest BCUT2D eigenvalue weighted by atomic mass is 9.63. The lowest BCUT2D eigenvalue weighted by Gasteiger charge is -2.45. The monoisotopic (exact) mass is 302 g/mol.